The Hall–Kier alpha value is -0.980. The maximum Gasteiger partial charge on any atom is 0.186 e. The molecule has 1 fully saturated rings. The molecule has 112 valence electrons. The molecule has 0 saturated carbocycles. The van der Waals surface area contributed by atoms with Gasteiger partial charge < -0.3 is 23.7 Å². The van der Waals surface area contributed by atoms with Crippen LogP contribution in [0, 0.1) is 0 Å². The molecule has 0 N–H and O–H groups in total. The molecule has 1 saturated heterocycles. The van der Waals surface area contributed by atoms with Crippen LogP contribution >= 0.6 is 0 Å². The lowest BCUT2D eigenvalue weighted by molar-refractivity contribution is -0.162. The predicted octanol–water partition coefficient (Wildman–Crippen LogP) is 1.60. The van der Waals surface area contributed by atoms with E-state index in [2.05, 4.69) is 0 Å². The first-order chi connectivity index (χ1) is 9.80. The van der Waals surface area contributed by atoms with Gasteiger partial charge in [-0.2, -0.15) is 0 Å². The first kappa shape index (κ1) is 15.4. The van der Waals surface area contributed by atoms with Crippen LogP contribution in [0.15, 0.2) is 30.3 Å². The summed E-state index contributed by atoms with van der Waals surface area (Å²) in [6.07, 6.45) is -1.05. The molecule has 1 aromatic rings. The molecule has 1 aliphatic heterocycles. The highest BCUT2D eigenvalue weighted by atomic mass is 16.7. The normalized spacial score (nSPS) is 29.8. The molecule has 0 bridgehead atoms. The molecule has 1 heterocycles. The van der Waals surface area contributed by atoms with Crippen LogP contribution in [0.2, 0.25) is 0 Å². The fraction of sp³-hybridized carbons (Fsp3) is 0.600. The highest BCUT2D eigenvalue weighted by molar-refractivity contribution is 5.13. The molecule has 0 unspecified atom stereocenters. The third-order valence-corrected chi connectivity index (χ3v) is 3.44. The lowest BCUT2D eigenvalue weighted by atomic mass is 10.1. The van der Waals surface area contributed by atoms with Gasteiger partial charge >= 0.3 is 0 Å². The molecule has 5 nitrogen and oxygen atoms in total. The topological polar surface area (TPSA) is 46.2 Å². The summed E-state index contributed by atoms with van der Waals surface area (Å²) in [5.41, 5.74) is 1.13. The summed E-state index contributed by atoms with van der Waals surface area (Å²) in [6.45, 7) is 0.986. The number of benzene rings is 1. The van der Waals surface area contributed by atoms with Crippen LogP contribution in [0.1, 0.15) is 5.56 Å². The molecule has 1 aromatic carbocycles. The zero-order chi connectivity index (χ0) is 14.4. The maximum absolute atomic E-state index is 5.76. The Labute approximate surface area is 119 Å². The van der Waals surface area contributed by atoms with Gasteiger partial charge in [0.05, 0.1) is 13.2 Å². The van der Waals surface area contributed by atoms with Crippen LogP contribution in [0.4, 0.5) is 0 Å². The van der Waals surface area contributed by atoms with Crippen molar-refractivity contribution in [2.75, 3.05) is 27.9 Å². The van der Waals surface area contributed by atoms with Gasteiger partial charge in [0.25, 0.3) is 0 Å². The number of hydrogen-bond donors (Lipinski definition) is 0. The van der Waals surface area contributed by atoms with E-state index in [0.717, 1.165) is 5.56 Å². The molecule has 20 heavy (non-hydrogen) atoms. The van der Waals surface area contributed by atoms with Crippen molar-refractivity contribution in [2.45, 2.75) is 31.2 Å². The smallest absolute Gasteiger partial charge is 0.186 e. The first-order valence-corrected chi connectivity index (χ1v) is 6.65. The lowest BCUT2D eigenvalue weighted by Gasteiger charge is -2.20. The Morgan fingerprint density at radius 1 is 0.950 bits per heavy atom. The number of ether oxygens (including phenoxy) is 5. The Morgan fingerprint density at radius 2 is 1.65 bits per heavy atom. The summed E-state index contributed by atoms with van der Waals surface area (Å²) in [4.78, 5) is 0. The van der Waals surface area contributed by atoms with E-state index in [1.165, 1.54) is 0 Å². The molecule has 0 aliphatic carbocycles. The fourth-order valence-corrected chi connectivity index (χ4v) is 2.42. The van der Waals surface area contributed by atoms with Crippen molar-refractivity contribution >= 4 is 0 Å². The van der Waals surface area contributed by atoms with Crippen molar-refractivity contribution in [1.29, 1.82) is 0 Å². The van der Waals surface area contributed by atoms with Crippen molar-refractivity contribution in [3.8, 4) is 0 Å². The van der Waals surface area contributed by atoms with Gasteiger partial charge in [-0.25, -0.2) is 0 Å². The minimum atomic E-state index is -0.421. The Balaban J connectivity index is 1.85. The minimum Gasteiger partial charge on any atom is -0.376 e. The zero-order valence-electron chi connectivity index (χ0n) is 12.2. The molecule has 0 aromatic heterocycles. The second-order valence-corrected chi connectivity index (χ2v) is 4.68. The molecular weight excluding hydrogens is 260 g/mol. The van der Waals surface area contributed by atoms with E-state index in [1.54, 1.807) is 21.3 Å². The number of hydrogen-bond acceptors (Lipinski definition) is 5. The lowest BCUT2D eigenvalue weighted by Crippen LogP contribution is -2.38. The zero-order valence-corrected chi connectivity index (χ0v) is 12.2. The second kappa shape index (κ2) is 7.71. The van der Waals surface area contributed by atoms with Crippen molar-refractivity contribution in [3.63, 3.8) is 0 Å². The van der Waals surface area contributed by atoms with Gasteiger partial charge in [-0.05, 0) is 5.56 Å². The Morgan fingerprint density at radius 3 is 2.25 bits per heavy atom. The van der Waals surface area contributed by atoms with Gasteiger partial charge in [-0.3, -0.25) is 0 Å². The van der Waals surface area contributed by atoms with Gasteiger partial charge in [0.1, 0.15) is 18.3 Å². The SMILES string of the molecule is CO[C@H]1O[C@H](COCc2ccccc2)[C@H](OC)[C@H]1OC. The largest absolute Gasteiger partial charge is 0.376 e. The summed E-state index contributed by atoms with van der Waals surface area (Å²) in [5.74, 6) is 0. The highest BCUT2D eigenvalue weighted by Gasteiger charge is 2.45. The molecule has 2 rings (SSSR count). The average Bonchev–Trinajstić information content (AvgIpc) is 2.85. The van der Waals surface area contributed by atoms with E-state index in [4.69, 9.17) is 23.7 Å². The van der Waals surface area contributed by atoms with Crippen LogP contribution in [0.25, 0.3) is 0 Å². The van der Waals surface area contributed by atoms with E-state index in [-0.39, 0.29) is 18.3 Å². The summed E-state index contributed by atoms with van der Waals surface area (Å²) >= 11 is 0. The van der Waals surface area contributed by atoms with E-state index >= 15 is 0 Å². The molecule has 0 radical (unpaired) electrons. The second-order valence-electron chi connectivity index (χ2n) is 4.68. The van der Waals surface area contributed by atoms with E-state index in [1.807, 2.05) is 30.3 Å². The van der Waals surface area contributed by atoms with Crippen molar-refractivity contribution in [1.82, 2.24) is 0 Å². The minimum absolute atomic E-state index is 0.194. The maximum atomic E-state index is 5.76. The molecule has 0 amide bonds. The highest BCUT2D eigenvalue weighted by Crippen LogP contribution is 2.26. The van der Waals surface area contributed by atoms with E-state index in [9.17, 15) is 0 Å². The van der Waals surface area contributed by atoms with Crippen molar-refractivity contribution in [3.05, 3.63) is 35.9 Å². The molecule has 5 heteroatoms. The van der Waals surface area contributed by atoms with E-state index < -0.39 is 6.29 Å². The third-order valence-electron chi connectivity index (χ3n) is 3.44. The fourth-order valence-electron chi connectivity index (χ4n) is 2.42. The third kappa shape index (κ3) is 3.56. The molecular formula is C15H22O5. The summed E-state index contributed by atoms with van der Waals surface area (Å²) in [7, 11) is 4.86. The van der Waals surface area contributed by atoms with Gasteiger partial charge in [0.15, 0.2) is 6.29 Å². The Bertz CT molecular complexity index is 383. The quantitative estimate of drug-likeness (QED) is 0.760. The van der Waals surface area contributed by atoms with Gasteiger partial charge in [-0.1, -0.05) is 30.3 Å². The summed E-state index contributed by atoms with van der Waals surface area (Å²) in [5, 5.41) is 0. The summed E-state index contributed by atoms with van der Waals surface area (Å²) in [6, 6.07) is 10.0. The van der Waals surface area contributed by atoms with Crippen molar-refractivity contribution in [2.24, 2.45) is 0 Å². The summed E-state index contributed by atoms with van der Waals surface area (Å²) < 4.78 is 27.6. The van der Waals surface area contributed by atoms with Crippen molar-refractivity contribution < 1.29 is 23.7 Å². The molecule has 1 aliphatic rings. The predicted molar refractivity (Wildman–Crippen MR) is 73.4 cm³/mol. The van der Waals surface area contributed by atoms with Gasteiger partial charge in [-0.15, -0.1) is 0 Å². The monoisotopic (exact) mass is 282 g/mol. The van der Waals surface area contributed by atoms with Gasteiger partial charge in [0, 0.05) is 21.3 Å². The number of methoxy groups -OCH3 is 3. The molecule has 0 spiro atoms. The number of rotatable bonds is 7. The first-order valence-electron chi connectivity index (χ1n) is 6.65. The standard InChI is InChI=1S/C15H22O5/c1-16-13-12(20-15(18-3)14(13)17-2)10-19-9-11-7-5-4-6-8-11/h4-8,12-15H,9-10H2,1-3H3/t12-,13+,14-,15+/m1/s1. The van der Waals surface area contributed by atoms with E-state index in [0.29, 0.717) is 13.2 Å². The molecule has 4 atom stereocenters. The van der Waals surface area contributed by atoms with Crippen LogP contribution in [-0.2, 0) is 30.3 Å². The average molecular weight is 282 g/mol. The van der Waals surface area contributed by atoms with Crippen LogP contribution in [0.3, 0.4) is 0 Å². The van der Waals surface area contributed by atoms with Gasteiger partial charge in [0.2, 0.25) is 0 Å². The van der Waals surface area contributed by atoms with Crippen LogP contribution in [0.5, 0.6) is 0 Å². The van der Waals surface area contributed by atoms with Crippen LogP contribution in [-0.4, -0.2) is 52.5 Å². The van der Waals surface area contributed by atoms with Crippen LogP contribution < -0.4 is 0 Å². The Kier molecular flexibility index (Phi) is 5.94.